The molecule has 0 bridgehead atoms. The van der Waals surface area contributed by atoms with E-state index in [1.807, 2.05) is 6.07 Å². The summed E-state index contributed by atoms with van der Waals surface area (Å²) in [6.07, 6.45) is 3.20. The number of amides is 2. The third kappa shape index (κ3) is 4.19. The third-order valence-corrected chi connectivity index (χ3v) is 5.18. The first-order chi connectivity index (χ1) is 12.5. The summed E-state index contributed by atoms with van der Waals surface area (Å²) in [4.78, 5) is 26.3. The summed E-state index contributed by atoms with van der Waals surface area (Å²) in [6.45, 7) is 1.51. The number of nitrogens with zero attached hydrogens (tertiary/aromatic N) is 3. The second-order valence-corrected chi connectivity index (χ2v) is 7.11. The highest BCUT2D eigenvalue weighted by Gasteiger charge is 2.19. The first-order valence-electron chi connectivity index (χ1n) is 8.51. The maximum absolute atomic E-state index is 12.3. The van der Waals surface area contributed by atoms with Gasteiger partial charge in [0, 0.05) is 25.7 Å². The Kier molecular flexibility index (Phi) is 5.84. The number of hydrogen-bond acceptors (Lipinski definition) is 3. The number of carbonyl (C=O) groups excluding carboxylic acids is 2. The van der Waals surface area contributed by atoms with E-state index in [1.165, 1.54) is 0 Å². The van der Waals surface area contributed by atoms with Gasteiger partial charge in [0.2, 0.25) is 5.91 Å². The van der Waals surface area contributed by atoms with E-state index in [1.54, 1.807) is 34.8 Å². The maximum atomic E-state index is 12.3. The number of likely N-dealkylation sites (tertiary alicyclic amines) is 1. The summed E-state index contributed by atoms with van der Waals surface area (Å²) >= 11 is 12.0. The number of piperidine rings is 1. The molecular weight excluding hydrogens is 375 g/mol. The predicted molar refractivity (Wildman–Crippen MR) is 101 cm³/mol. The molecule has 2 heterocycles. The van der Waals surface area contributed by atoms with Crippen molar-refractivity contribution >= 4 is 35.0 Å². The van der Waals surface area contributed by atoms with Crippen LogP contribution in [0.15, 0.2) is 24.3 Å². The Bertz CT molecular complexity index is 829. The molecule has 2 amide bonds. The lowest BCUT2D eigenvalue weighted by molar-refractivity contribution is -0.130. The van der Waals surface area contributed by atoms with Crippen molar-refractivity contribution in [3.63, 3.8) is 0 Å². The fraction of sp³-hybridized carbons (Fsp3) is 0.389. The van der Waals surface area contributed by atoms with Crippen LogP contribution in [0.5, 0.6) is 0 Å². The number of halogens is 2. The molecule has 26 heavy (non-hydrogen) atoms. The highest BCUT2D eigenvalue weighted by molar-refractivity contribution is 6.42. The SMILES string of the molecule is Cn1nc(C(=O)NCC(=O)N2CCCCC2)cc1-c1ccc(Cl)c(Cl)c1. The molecule has 1 aliphatic heterocycles. The van der Waals surface area contributed by atoms with E-state index in [4.69, 9.17) is 23.2 Å². The van der Waals surface area contributed by atoms with Crippen molar-refractivity contribution < 1.29 is 9.59 Å². The van der Waals surface area contributed by atoms with Crippen molar-refractivity contribution in [1.29, 1.82) is 0 Å². The van der Waals surface area contributed by atoms with E-state index >= 15 is 0 Å². The number of aryl methyl sites for hydroxylation is 1. The fourth-order valence-corrected chi connectivity index (χ4v) is 3.30. The molecular formula is C18H20Cl2N4O2. The molecule has 1 saturated heterocycles. The van der Waals surface area contributed by atoms with Gasteiger partial charge in [-0.25, -0.2) is 0 Å². The molecule has 8 heteroatoms. The number of benzene rings is 1. The first kappa shape index (κ1) is 18.7. The normalized spacial score (nSPS) is 14.3. The molecule has 6 nitrogen and oxygen atoms in total. The van der Waals surface area contributed by atoms with Gasteiger partial charge in [0.1, 0.15) is 0 Å². The van der Waals surface area contributed by atoms with Gasteiger partial charge in [-0.1, -0.05) is 29.3 Å². The first-order valence-corrected chi connectivity index (χ1v) is 9.27. The van der Waals surface area contributed by atoms with Crippen molar-refractivity contribution in [2.24, 2.45) is 7.05 Å². The van der Waals surface area contributed by atoms with Crippen LogP contribution >= 0.6 is 23.2 Å². The quantitative estimate of drug-likeness (QED) is 0.865. The van der Waals surface area contributed by atoms with E-state index in [0.29, 0.717) is 10.0 Å². The van der Waals surface area contributed by atoms with Gasteiger partial charge in [-0.05, 0) is 37.5 Å². The zero-order valence-electron chi connectivity index (χ0n) is 14.5. The summed E-state index contributed by atoms with van der Waals surface area (Å²) in [7, 11) is 1.74. The van der Waals surface area contributed by atoms with Crippen molar-refractivity contribution in [3.8, 4) is 11.3 Å². The average molecular weight is 395 g/mol. The standard InChI is InChI=1S/C18H20Cl2N4O2/c1-23-16(12-5-6-13(19)14(20)9-12)10-15(22-23)18(26)21-11-17(25)24-7-3-2-4-8-24/h5-6,9-10H,2-4,7-8,11H2,1H3,(H,21,26). The molecule has 1 fully saturated rings. The molecule has 0 unspecified atom stereocenters. The minimum Gasteiger partial charge on any atom is -0.342 e. The zero-order chi connectivity index (χ0) is 18.7. The van der Waals surface area contributed by atoms with E-state index in [-0.39, 0.29) is 24.1 Å². The Balaban J connectivity index is 1.66. The lowest BCUT2D eigenvalue weighted by Crippen LogP contribution is -2.42. The van der Waals surface area contributed by atoms with Gasteiger partial charge in [-0.2, -0.15) is 5.10 Å². The highest BCUT2D eigenvalue weighted by Crippen LogP contribution is 2.28. The van der Waals surface area contributed by atoms with Crippen molar-refractivity contribution in [1.82, 2.24) is 20.0 Å². The molecule has 2 aromatic rings. The van der Waals surface area contributed by atoms with Crippen LogP contribution in [-0.4, -0.2) is 46.1 Å². The molecule has 0 atom stereocenters. The number of rotatable bonds is 4. The molecule has 3 rings (SSSR count). The van der Waals surface area contributed by atoms with Crippen LogP contribution in [0.3, 0.4) is 0 Å². The zero-order valence-corrected chi connectivity index (χ0v) is 16.0. The smallest absolute Gasteiger partial charge is 0.272 e. The van der Waals surface area contributed by atoms with Crippen molar-refractivity contribution in [3.05, 3.63) is 40.0 Å². The molecule has 1 aromatic heterocycles. The molecule has 0 spiro atoms. The molecule has 0 saturated carbocycles. The van der Waals surface area contributed by atoms with Crippen LogP contribution < -0.4 is 5.32 Å². The largest absolute Gasteiger partial charge is 0.342 e. The Labute approximate surface area is 162 Å². The van der Waals surface area contributed by atoms with E-state index < -0.39 is 0 Å². The summed E-state index contributed by atoms with van der Waals surface area (Å²) in [5.41, 5.74) is 1.79. The van der Waals surface area contributed by atoms with Crippen molar-refractivity contribution in [2.75, 3.05) is 19.6 Å². The van der Waals surface area contributed by atoms with E-state index in [0.717, 1.165) is 43.6 Å². The molecule has 1 aliphatic rings. The van der Waals surface area contributed by atoms with Gasteiger partial charge in [0.05, 0.1) is 22.3 Å². The van der Waals surface area contributed by atoms with Crippen LogP contribution in [0.4, 0.5) is 0 Å². The second-order valence-electron chi connectivity index (χ2n) is 6.29. The summed E-state index contributed by atoms with van der Waals surface area (Å²) in [5.74, 6) is -0.434. The number of aromatic nitrogens is 2. The minimum atomic E-state index is -0.378. The number of hydrogen-bond donors (Lipinski definition) is 1. The Morgan fingerprint density at radius 3 is 2.54 bits per heavy atom. The van der Waals surface area contributed by atoms with Crippen LogP contribution in [0.1, 0.15) is 29.8 Å². The lowest BCUT2D eigenvalue weighted by Gasteiger charge is -2.26. The monoisotopic (exact) mass is 394 g/mol. The predicted octanol–water partition coefficient (Wildman–Crippen LogP) is 3.14. The number of nitrogens with one attached hydrogen (secondary N) is 1. The summed E-state index contributed by atoms with van der Waals surface area (Å²) < 4.78 is 1.60. The molecule has 1 aromatic carbocycles. The molecule has 0 radical (unpaired) electrons. The van der Waals surface area contributed by atoms with Gasteiger partial charge in [-0.15, -0.1) is 0 Å². The van der Waals surface area contributed by atoms with Crippen molar-refractivity contribution in [2.45, 2.75) is 19.3 Å². The highest BCUT2D eigenvalue weighted by atomic mass is 35.5. The molecule has 0 aliphatic carbocycles. The Morgan fingerprint density at radius 1 is 1.12 bits per heavy atom. The van der Waals surface area contributed by atoms with Gasteiger partial charge in [-0.3, -0.25) is 14.3 Å². The topological polar surface area (TPSA) is 67.2 Å². The third-order valence-electron chi connectivity index (χ3n) is 4.44. The van der Waals surface area contributed by atoms with Gasteiger partial charge in [0.25, 0.3) is 5.91 Å². The minimum absolute atomic E-state index is 0.0164. The fourth-order valence-electron chi connectivity index (χ4n) is 3.01. The van der Waals surface area contributed by atoms with Crippen LogP contribution in [0.2, 0.25) is 10.0 Å². The average Bonchev–Trinajstić information content (AvgIpc) is 3.04. The van der Waals surface area contributed by atoms with Gasteiger partial charge < -0.3 is 10.2 Å². The summed E-state index contributed by atoms with van der Waals surface area (Å²) in [6, 6.07) is 6.90. The molecule has 138 valence electrons. The van der Waals surface area contributed by atoms with Crippen LogP contribution in [0, 0.1) is 0 Å². The summed E-state index contributed by atoms with van der Waals surface area (Å²) in [5, 5.41) is 7.79. The second kappa shape index (κ2) is 8.10. The van der Waals surface area contributed by atoms with E-state index in [2.05, 4.69) is 10.4 Å². The Morgan fingerprint density at radius 2 is 1.85 bits per heavy atom. The van der Waals surface area contributed by atoms with Crippen LogP contribution in [-0.2, 0) is 11.8 Å². The van der Waals surface area contributed by atoms with Gasteiger partial charge >= 0.3 is 0 Å². The maximum Gasteiger partial charge on any atom is 0.272 e. The number of carbonyl (C=O) groups is 2. The Hall–Kier alpha value is -2.05. The molecule has 1 N–H and O–H groups in total. The van der Waals surface area contributed by atoms with Crippen LogP contribution in [0.25, 0.3) is 11.3 Å². The van der Waals surface area contributed by atoms with E-state index in [9.17, 15) is 9.59 Å². The van der Waals surface area contributed by atoms with Gasteiger partial charge in [0.15, 0.2) is 5.69 Å². The lowest BCUT2D eigenvalue weighted by atomic mass is 10.1.